The van der Waals surface area contributed by atoms with Crippen molar-refractivity contribution in [2.24, 2.45) is 11.8 Å². The maximum atomic E-state index is 12.5. The third-order valence-corrected chi connectivity index (χ3v) is 4.68. The summed E-state index contributed by atoms with van der Waals surface area (Å²) in [4.78, 5) is 14.3. The lowest BCUT2D eigenvalue weighted by molar-refractivity contribution is 0.0659. The van der Waals surface area contributed by atoms with Crippen LogP contribution in [0.4, 0.5) is 0 Å². The van der Waals surface area contributed by atoms with Crippen molar-refractivity contribution in [1.29, 1.82) is 0 Å². The standard InChI is InChI=1S/C15H23NO4S/c1-10(2)16(8-12-7-11(12)3)15(17)14-6-5-13(20-14)9-21(4,18)19/h5-6,10-12H,7-9H2,1-4H3. The monoisotopic (exact) mass is 313 g/mol. The highest BCUT2D eigenvalue weighted by molar-refractivity contribution is 7.89. The molecule has 2 unspecified atom stereocenters. The highest BCUT2D eigenvalue weighted by Gasteiger charge is 2.36. The van der Waals surface area contributed by atoms with Gasteiger partial charge in [-0.25, -0.2) is 8.42 Å². The summed E-state index contributed by atoms with van der Waals surface area (Å²) in [5, 5.41) is 0. The summed E-state index contributed by atoms with van der Waals surface area (Å²) in [6.07, 6.45) is 2.31. The van der Waals surface area contributed by atoms with E-state index in [1.807, 2.05) is 13.8 Å². The molecule has 1 aromatic rings. The molecule has 1 aliphatic carbocycles. The first-order valence-corrected chi connectivity index (χ1v) is 9.31. The zero-order chi connectivity index (χ0) is 15.8. The Balaban J connectivity index is 2.09. The number of amides is 1. The molecule has 0 radical (unpaired) electrons. The van der Waals surface area contributed by atoms with E-state index >= 15 is 0 Å². The first-order valence-electron chi connectivity index (χ1n) is 7.25. The highest BCUT2D eigenvalue weighted by Crippen LogP contribution is 2.38. The lowest BCUT2D eigenvalue weighted by atomic mass is 10.2. The van der Waals surface area contributed by atoms with Crippen LogP contribution < -0.4 is 0 Å². The van der Waals surface area contributed by atoms with Crippen LogP contribution >= 0.6 is 0 Å². The van der Waals surface area contributed by atoms with E-state index in [0.717, 1.165) is 19.2 Å². The van der Waals surface area contributed by atoms with Crippen LogP contribution in [0, 0.1) is 11.8 Å². The van der Waals surface area contributed by atoms with Crippen molar-refractivity contribution in [1.82, 2.24) is 4.90 Å². The van der Waals surface area contributed by atoms with Crippen LogP contribution in [0.25, 0.3) is 0 Å². The molecule has 0 N–H and O–H groups in total. The molecule has 0 aromatic carbocycles. The SMILES string of the molecule is CC1CC1CN(C(=O)c1ccc(CS(C)(=O)=O)o1)C(C)C. The van der Waals surface area contributed by atoms with Crippen molar-refractivity contribution >= 4 is 15.7 Å². The predicted molar refractivity (Wildman–Crippen MR) is 80.7 cm³/mol. The average molecular weight is 313 g/mol. The quantitative estimate of drug-likeness (QED) is 0.808. The van der Waals surface area contributed by atoms with Gasteiger partial charge >= 0.3 is 0 Å². The molecule has 1 heterocycles. The largest absolute Gasteiger partial charge is 0.455 e. The molecule has 0 bridgehead atoms. The maximum absolute atomic E-state index is 12.5. The fourth-order valence-corrected chi connectivity index (χ4v) is 3.08. The number of carbonyl (C=O) groups is 1. The minimum Gasteiger partial charge on any atom is -0.455 e. The number of carbonyl (C=O) groups excluding carboxylic acids is 1. The summed E-state index contributed by atoms with van der Waals surface area (Å²) in [6.45, 7) is 6.88. The van der Waals surface area contributed by atoms with Crippen LogP contribution in [0.5, 0.6) is 0 Å². The van der Waals surface area contributed by atoms with E-state index in [9.17, 15) is 13.2 Å². The van der Waals surface area contributed by atoms with Gasteiger partial charge in [0.1, 0.15) is 11.5 Å². The van der Waals surface area contributed by atoms with Gasteiger partial charge in [-0.2, -0.15) is 0 Å². The van der Waals surface area contributed by atoms with E-state index in [0.29, 0.717) is 17.6 Å². The Morgan fingerprint density at radius 1 is 1.43 bits per heavy atom. The van der Waals surface area contributed by atoms with Gasteiger partial charge in [-0.3, -0.25) is 4.79 Å². The summed E-state index contributed by atoms with van der Waals surface area (Å²) >= 11 is 0. The molecule has 1 aromatic heterocycles. The normalized spacial score (nSPS) is 21.6. The third kappa shape index (κ3) is 4.33. The first-order chi connectivity index (χ1) is 9.67. The van der Waals surface area contributed by atoms with Crippen molar-refractivity contribution < 1.29 is 17.6 Å². The lowest BCUT2D eigenvalue weighted by Gasteiger charge is -2.26. The van der Waals surface area contributed by atoms with E-state index in [-0.39, 0.29) is 23.5 Å². The first kappa shape index (κ1) is 16.1. The second kappa shape index (κ2) is 5.83. The molecule has 0 spiro atoms. The van der Waals surface area contributed by atoms with E-state index in [1.54, 1.807) is 17.0 Å². The summed E-state index contributed by atoms with van der Waals surface area (Å²) in [5.41, 5.74) is 0. The zero-order valence-electron chi connectivity index (χ0n) is 13.0. The highest BCUT2D eigenvalue weighted by atomic mass is 32.2. The van der Waals surface area contributed by atoms with Crippen molar-refractivity contribution in [3.8, 4) is 0 Å². The number of sulfone groups is 1. The van der Waals surface area contributed by atoms with Crippen LogP contribution in [0.3, 0.4) is 0 Å². The Hall–Kier alpha value is -1.30. The van der Waals surface area contributed by atoms with Crippen molar-refractivity contribution in [3.05, 3.63) is 23.7 Å². The maximum Gasteiger partial charge on any atom is 0.289 e. The van der Waals surface area contributed by atoms with Gasteiger partial charge in [0.05, 0.1) is 0 Å². The number of furan rings is 1. The molecule has 1 saturated carbocycles. The number of rotatable bonds is 6. The molecule has 2 rings (SSSR count). The predicted octanol–water partition coefficient (Wildman–Crippen LogP) is 2.33. The number of hydrogen-bond acceptors (Lipinski definition) is 4. The van der Waals surface area contributed by atoms with Gasteiger partial charge < -0.3 is 9.32 Å². The fourth-order valence-electron chi connectivity index (χ4n) is 2.40. The number of nitrogens with zero attached hydrogens (tertiary/aromatic N) is 1. The smallest absolute Gasteiger partial charge is 0.289 e. The van der Waals surface area contributed by atoms with Crippen LogP contribution in [-0.4, -0.2) is 38.1 Å². The van der Waals surface area contributed by atoms with Gasteiger partial charge in [-0.15, -0.1) is 0 Å². The second-order valence-corrected chi connectivity index (χ2v) is 8.50. The molecule has 2 atom stereocenters. The van der Waals surface area contributed by atoms with Crippen LogP contribution in [0.1, 0.15) is 43.5 Å². The molecule has 6 heteroatoms. The zero-order valence-corrected chi connectivity index (χ0v) is 13.8. The van der Waals surface area contributed by atoms with Gasteiger partial charge in [-0.1, -0.05) is 6.92 Å². The molecule has 0 saturated heterocycles. The molecule has 21 heavy (non-hydrogen) atoms. The Labute approximate surface area is 126 Å². The van der Waals surface area contributed by atoms with E-state index in [2.05, 4.69) is 6.92 Å². The summed E-state index contributed by atoms with van der Waals surface area (Å²) < 4.78 is 27.9. The minimum absolute atomic E-state index is 0.0914. The van der Waals surface area contributed by atoms with Gasteiger partial charge in [0.2, 0.25) is 0 Å². The van der Waals surface area contributed by atoms with E-state index in [1.165, 1.54) is 0 Å². The molecular weight excluding hydrogens is 290 g/mol. The Morgan fingerprint density at radius 3 is 2.52 bits per heavy atom. The van der Waals surface area contributed by atoms with Gasteiger partial charge in [0.25, 0.3) is 5.91 Å². The summed E-state index contributed by atoms with van der Waals surface area (Å²) in [7, 11) is -3.16. The molecule has 1 amide bonds. The fraction of sp³-hybridized carbons (Fsp3) is 0.667. The molecule has 1 aliphatic rings. The van der Waals surface area contributed by atoms with Gasteiger partial charge in [-0.05, 0) is 44.2 Å². The topological polar surface area (TPSA) is 67.6 Å². The van der Waals surface area contributed by atoms with Gasteiger partial charge in [0, 0.05) is 18.8 Å². The lowest BCUT2D eigenvalue weighted by Crippen LogP contribution is -2.38. The van der Waals surface area contributed by atoms with Crippen molar-refractivity contribution in [3.63, 3.8) is 0 Å². The molecule has 0 aliphatic heterocycles. The minimum atomic E-state index is -3.16. The Kier molecular flexibility index (Phi) is 4.46. The van der Waals surface area contributed by atoms with Crippen molar-refractivity contribution in [2.45, 2.75) is 39.0 Å². The summed E-state index contributed by atoms with van der Waals surface area (Å²) in [6, 6.07) is 3.22. The Morgan fingerprint density at radius 2 is 2.05 bits per heavy atom. The number of hydrogen-bond donors (Lipinski definition) is 0. The van der Waals surface area contributed by atoms with E-state index in [4.69, 9.17) is 4.42 Å². The van der Waals surface area contributed by atoms with Crippen LogP contribution in [0.15, 0.2) is 16.5 Å². The van der Waals surface area contributed by atoms with Gasteiger partial charge in [0.15, 0.2) is 15.6 Å². The second-order valence-electron chi connectivity index (χ2n) is 6.36. The van der Waals surface area contributed by atoms with Crippen LogP contribution in [0.2, 0.25) is 0 Å². The average Bonchev–Trinajstić information content (AvgIpc) is 2.84. The van der Waals surface area contributed by atoms with Crippen molar-refractivity contribution in [2.75, 3.05) is 12.8 Å². The van der Waals surface area contributed by atoms with Crippen LogP contribution in [-0.2, 0) is 15.6 Å². The third-order valence-electron chi connectivity index (χ3n) is 3.87. The molecule has 5 nitrogen and oxygen atoms in total. The molecule has 118 valence electrons. The Bertz CT molecular complexity index is 617. The summed E-state index contributed by atoms with van der Waals surface area (Å²) in [5.74, 6) is 1.43. The molecular formula is C15H23NO4S. The van der Waals surface area contributed by atoms with E-state index < -0.39 is 9.84 Å². The molecule has 1 fully saturated rings.